The molecule has 2 aromatic heterocycles. The number of nitrogens with zero attached hydrogens (tertiary/aromatic N) is 5. The molecule has 4 aliphatic rings. The zero-order valence-corrected chi connectivity index (χ0v) is 26.3. The molecule has 0 radical (unpaired) electrons. The Morgan fingerprint density at radius 1 is 1.15 bits per heavy atom. The first-order chi connectivity index (χ1) is 22.7. The Morgan fingerprint density at radius 2 is 1.94 bits per heavy atom. The zero-order chi connectivity index (χ0) is 34.2. The summed E-state index contributed by atoms with van der Waals surface area (Å²) in [5.41, 5.74) is -0.317. The van der Waals surface area contributed by atoms with Gasteiger partial charge in [-0.25, -0.2) is 8.78 Å². The van der Waals surface area contributed by atoms with E-state index in [0.29, 0.717) is 32.7 Å². The molecule has 3 atom stereocenters. The van der Waals surface area contributed by atoms with Crippen molar-refractivity contribution in [3.63, 3.8) is 0 Å². The van der Waals surface area contributed by atoms with Crippen LogP contribution < -0.4 is 20.7 Å². The van der Waals surface area contributed by atoms with E-state index in [9.17, 15) is 22.0 Å². The summed E-state index contributed by atoms with van der Waals surface area (Å²) in [6.45, 7) is 2.98. The molecule has 0 aliphatic carbocycles. The third kappa shape index (κ3) is 5.41. The lowest BCUT2D eigenvalue weighted by atomic mass is 9.94. The van der Waals surface area contributed by atoms with Gasteiger partial charge in [0.1, 0.15) is 23.6 Å². The second-order valence-corrected chi connectivity index (χ2v) is 13.4. The van der Waals surface area contributed by atoms with E-state index in [1.807, 2.05) is 9.80 Å². The molecule has 1 aromatic carbocycles. The number of nitrogen functional groups attached to an aromatic ring is 1. The minimum Gasteiger partial charge on any atom is -0.461 e. The smallest absolute Gasteiger partial charge is 0.417 e. The largest absolute Gasteiger partial charge is 0.461 e. The minimum atomic E-state index is -5.06. The van der Waals surface area contributed by atoms with Crippen molar-refractivity contribution >= 4 is 22.4 Å². The number of alkyl halides is 3. The van der Waals surface area contributed by atoms with Gasteiger partial charge in [0.2, 0.25) is 0 Å². The van der Waals surface area contributed by atoms with Crippen LogP contribution >= 0.6 is 0 Å². The van der Waals surface area contributed by atoms with Gasteiger partial charge < -0.3 is 25.4 Å². The number of pyridine rings is 1. The fourth-order valence-electron chi connectivity index (χ4n) is 8.16. The second-order valence-electron chi connectivity index (χ2n) is 13.4. The highest BCUT2D eigenvalue weighted by Gasteiger charge is 2.49. The molecular formula is C32H34F7N7O2. The first kappa shape index (κ1) is 32.8. The number of fused-ring (bicyclic) bond motifs is 4. The quantitative estimate of drug-likeness (QED) is 0.244. The summed E-state index contributed by atoms with van der Waals surface area (Å²) in [5.74, 6) is -2.55. The first-order valence-electron chi connectivity index (χ1n) is 15.7. The van der Waals surface area contributed by atoms with Gasteiger partial charge in [-0.3, -0.25) is 9.88 Å². The van der Waals surface area contributed by atoms with Crippen molar-refractivity contribution < 1.29 is 40.2 Å². The van der Waals surface area contributed by atoms with Gasteiger partial charge in [0.15, 0.2) is 11.6 Å². The Bertz CT molecular complexity index is 1810. The maximum absolute atomic E-state index is 16.6. The molecule has 0 amide bonds. The van der Waals surface area contributed by atoms with E-state index in [2.05, 4.69) is 20.3 Å². The second kappa shape index (κ2) is 11.7. The van der Waals surface area contributed by atoms with Crippen LogP contribution in [0.1, 0.15) is 43.2 Å². The summed E-state index contributed by atoms with van der Waals surface area (Å²) in [5, 5.41) is 3.67. The van der Waals surface area contributed by atoms with Crippen molar-refractivity contribution in [3.8, 4) is 17.3 Å². The molecule has 4 fully saturated rings. The Morgan fingerprint density at radius 3 is 2.67 bits per heavy atom. The number of hydrogen-bond acceptors (Lipinski definition) is 9. The Labute approximate surface area is 271 Å². The van der Waals surface area contributed by atoms with Crippen LogP contribution in [-0.4, -0.2) is 83.5 Å². The number of methoxy groups -OCH3 is 1. The predicted octanol–water partition coefficient (Wildman–Crippen LogP) is 5.60. The number of aryl methyl sites for hydroxylation is 1. The number of benzene rings is 1. The average Bonchev–Trinajstić information content (AvgIpc) is 3.67. The van der Waals surface area contributed by atoms with Crippen LogP contribution in [0, 0.1) is 18.6 Å². The van der Waals surface area contributed by atoms with Gasteiger partial charge >= 0.3 is 12.2 Å². The van der Waals surface area contributed by atoms with E-state index >= 15 is 8.78 Å². The normalized spacial score (nSPS) is 25.7. The molecule has 3 aromatic rings. The summed E-state index contributed by atoms with van der Waals surface area (Å²) in [4.78, 5) is 16.8. The summed E-state index contributed by atoms with van der Waals surface area (Å²) in [6, 6.07) is 0.593. The van der Waals surface area contributed by atoms with Crippen molar-refractivity contribution in [1.29, 1.82) is 0 Å². The van der Waals surface area contributed by atoms with Crippen LogP contribution in [0.4, 0.5) is 42.2 Å². The van der Waals surface area contributed by atoms with E-state index in [1.54, 1.807) is 7.11 Å². The third-order valence-electron chi connectivity index (χ3n) is 10.2. The Balaban J connectivity index is 1.37. The Kier molecular flexibility index (Phi) is 7.98. The van der Waals surface area contributed by atoms with Crippen LogP contribution in [-0.2, 0) is 10.9 Å². The summed E-state index contributed by atoms with van der Waals surface area (Å²) in [6.07, 6.45) is -2.56. The number of hydrogen-bond donors (Lipinski definition) is 2. The molecule has 2 bridgehead atoms. The standard InChI is InChI=1S/C32H34F7N7O2/c1-16-8-20(40)23(33)21(22(16)32(37,38)39)26-24(34)25-19(10-41-26)28(45-12-18-4-6-30(13-45,44-18)14-47-2)43-29(42-25)48-15-31-5-3-7-46(31)11-17(9-31)27(35)36/h8,10,18,44H,3-7,9,11-15,40H2,1-2H3/t18?,30?,31-/m0/s1. The average molecular weight is 682 g/mol. The minimum absolute atomic E-state index is 0.0276. The maximum Gasteiger partial charge on any atom is 0.417 e. The number of halogens is 7. The monoisotopic (exact) mass is 681 g/mol. The van der Waals surface area contributed by atoms with Gasteiger partial charge in [-0.05, 0) is 57.2 Å². The van der Waals surface area contributed by atoms with Gasteiger partial charge in [0, 0.05) is 44.6 Å². The molecule has 0 saturated carbocycles. The van der Waals surface area contributed by atoms with Gasteiger partial charge in [-0.1, -0.05) is 0 Å². The highest BCUT2D eigenvalue weighted by atomic mass is 19.4. The van der Waals surface area contributed by atoms with Crippen molar-refractivity contribution in [2.75, 3.05) is 57.1 Å². The number of rotatable bonds is 7. The summed E-state index contributed by atoms with van der Waals surface area (Å²) in [7, 11) is 1.59. The number of aromatic nitrogens is 3. The van der Waals surface area contributed by atoms with Crippen molar-refractivity contribution in [3.05, 3.63) is 46.7 Å². The van der Waals surface area contributed by atoms with Crippen molar-refractivity contribution in [2.45, 2.75) is 62.3 Å². The van der Waals surface area contributed by atoms with Crippen LogP contribution in [0.25, 0.3) is 22.2 Å². The van der Waals surface area contributed by atoms with Gasteiger partial charge in [-0.15, -0.1) is 0 Å². The zero-order valence-electron chi connectivity index (χ0n) is 26.3. The molecular weight excluding hydrogens is 647 g/mol. The molecule has 9 nitrogen and oxygen atoms in total. The fourth-order valence-corrected chi connectivity index (χ4v) is 8.16. The molecule has 2 unspecified atom stereocenters. The summed E-state index contributed by atoms with van der Waals surface area (Å²) >= 11 is 0. The third-order valence-corrected chi connectivity index (χ3v) is 10.2. The Hall–Kier alpha value is -3.76. The molecule has 48 heavy (non-hydrogen) atoms. The van der Waals surface area contributed by atoms with Crippen LogP contribution in [0.15, 0.2) is 23.9 Å². The number of nitrogens with one attached hydrogen (secondary N) is 1. The lowest BCUT2D eigenvalue weighted by molar-refractivity contribution is -0.137. The van der Waals surface area contributed by atoms with E-state index < -0.39 is 68.6 Å². The number of anilines is 2. The summed E-state index contributed by atoms with van der Waals surface area (Å²) < 4.78 is 114. The van der Waals surface area contributed by atoms with Crippen molar-refractivity contribution in [2.24, 2.45) is 0 Å². The van der Waals surface area contributed by atoms with Crippen LogP contribution in [0.5, 0.6) is 6.01 Å². The van der Waals surface area contributed by atoms with Gasteiger partial charge in [-0.2, -0.15) is 31.9 Å². The molecule has 3 N–H and O–H groups in total. The SMILES string of the molecule is COCC12CCC(CN(c3nc(OC[C@@]45CCCN4CC(=C(F)F)C5)nc4c(F)c(-c5c(F)c(N)cc(C)c5C(F)(F)F)ncc34)C1)N2. The number of nitrogens with two attached hydrogens (primary N) is 1. The van der Waals surface area contributed by atoms with E-state index in [1.165, 1.54) is 0 Å². The molecule has 0 spiro atoms. The lowest BCUT2D eigenvalue weighted by Crippen LogP contribution is -2.61. The first-order valence-corrected chi connectivity index (χ1v) is 15.7. The molecule has 6 heterocycles. The number of ether oxygens (including phenoxy) is 2. The maximum atomic E-state index is 16.6. The van der Waals surface area contributed by atoms with Crippen LogP contribution in [0.2, 0.25) is 0 Å². The highest BCUT2D eigenvalue weighted by Crippen LogP contribution is 2.45. The number of piperazine rings is 1. The molecule has 258 valence electrons. The van der Waals surface area contributed by atoms with E-state index in [-0.39, 0.29) is 48.4 Å². The lowest BCUT2D eigenvalue weighted by Gasteiger charge is -2.41. The fraction of sp³-hybridized carbons (Fsp3) is 0.531. The molecule has 16 heteroatoms. The predicted molar refractivity (Wildman–Crippen MR) is 163 cm³/mol. The molecule has 4 aliphatic heterocycles. The van der Waals surface area contributed by atoms with Crippen molar-refractivity contribution in [1.82, 2.24) is 25.2 Å². The molecule has 7 rings (SSSR count). The van der Waals surface area contributed by atoms with E-state index in [4.69, 9.17) is 15.2 Å². The topological polar surface area (TPSA) is 102 Å². The van der Waals surface area contributed by atoms with Gasteiger partial charge in [0.25, 0.3) is 6.08 Å². The van der Waals surface area contributed by atoms with Gasteiger partial charge in [0.05, 0.1) is 39.9 Å². The highest BCUT2D eigenvalue weighted by molar-refractivity contribution is 5.92. The molecule has 4 saturated heterocycles. The van der Waals surface area contributed by atoms with E-state index in [0.717, 1.165) is 38.4 Å². The van der Waals surface area contributed by atoms with Crippen LogP contribution in [0.3, 0.4) is 0 Å².